The molecule has 0 atom stereocenters. The number of fused-ring (bicyclic) bond motifs is 1. The van der Waals surface area contributed by atoms with E-state index in [2.05, 4.69) is 19.9 Å². The van der Waals surface area contributed by atoms with Gasteiger partial charge < -0.3 is 4.55 Å². The molecule has 2 aromatic carbocycles. The van der Waals surface area contributed by atoms with Crippen molar-refractivity contribution in [1.82, 2.24) is 0 Å². The second-order valence-electron chi connectivity index (χ2n) is 9.29. The molecule has 3 nitrogen and oxygen atoms in total. The van der Waals surface area contributed by atoms with Crippen LogP contribution in [-0.4, -0.2) is 13.0 Å². The van der Waals surface area contributed by atoms with Crippen molar-refractivity contribution in [2.24, 2.45) is 0 Å². The van der Waals surface area contributed by atoms with Crippen LogP contribution in [-0.2, 0) is 23.0 Å². The second kappa shape index (κ2) is 17.6. The van der Waals surface area contributed by atoms with Gasteiger partial charge in [-0.3, -0.25) is 0 Å². The maximum Gasteiger partial charge on any atom is 1.00 e. The zero-order valence-corrected chi connectivity index (χ0v) is 25.3. The van der Waals surface area contributed by atoms with Crippen LogP contribution in [0.4, 0.5) is 0 Å². The van der Waals surface area contributed by atoms with Crippen LogP contribution in [0.25, 0.3) is 10.8 Å². The first kappa shape index (κ1) is 31.3. The molecule has 0 aromatic heterocycles. The third-order valence-corrected chi connectivity index (χ3v) is 7.44. The van der Waals surface area contributed by atoms with Gasteiger partial charge in [-0.1, -0.05) is 109 Å². The summed E-state index contributed by atoms with van der Waals surface area (Å²) in [4.78, 5) is -0.0240. The van der Waals surface area contributed by atoms with Crippen molar-refractivity contribution in [2.75, 3.05) is 0 Å². The molecule has 0 N–H and O–H groups in total. The molecule has 0 heterocycles. The summed E-state index contributed by atoms with van der Waals surface area (Å²) in [5.41, 5.74) is 1.97. The minimum absolute atomic E-state index is 0. The number of unbranched alkanes of at least 4 members (excludes halogenated alkanes) is 12. The summed E-state index contributed by atoms with van der Waals surface area (Å²) in [5, 5.41) is 1.98. The fourth-order valence-corrected chi connectivity index (χ4v) is 5.36. The van der Waals surface area contributed by atoms with Crippen LogP contribution in [0, 0.1) is 0 Å². The van der Waals surface area contributed by atoms with Crippen LogP contribution in [0.1, 0.15) is 115 Å². The Kier molecular flexibility index (Phi) is 16.7. The molecule has 0 amide bonds. The van der Waals surface area contributed by atoms with Crippen LogP contribution < -0.4 is 51.4 Å². The van der Waals surface area contributed by atoms with Gasteiger partial charge in [-0.05, 0) is 59.7 Å². The van der Waals surface area contributed by atoms with E-state index >= 15 is 0 Å². The summed E-state index contributed by atoms with van der Waals surface area (Å²) in [6.07, 6.45) is 18.8. The zero-order valence-electron chi connectivity index (χ0n) is 21.3. The van der Waals surface area contributed by atoms with E-state index in [9.17, 15) is 13.0 Å². The molecule has 5 heteroatoms. The average molecular weight is 499 g/mol. The Bertz CT molecular complexity index is 909. The Morgan fingerprint density at radius 1 is 0.667 bits per heavy atom. The third-order valence-electron chi connectivity index (χ3n) is 6.52. The van der Waals surface area contributed by atoms with Crippen LogP contribution in [0.5, 0.6) is 0 Å². The van der Waals surface area contributed by atoms with Gasteiger partial charge in [0.25, 0.3) is 0 Å². The Balaban J connectivity index is 0.00000544. The van der Waals surface area contributed by atoms with Crippen molar-refractivity contribution < 1.29 is 64.4 Å². The van der Waals surface area contributed by atoms with E-state index in [1.54, 1.807) is 6.07 Å². The van der Waals surface area contributed by atoms with Crippen molar-refractivity contribution in [3.63, 3.8) is 0 Å². The van der Waals surface area contributed by atoms with E-state index < -0.39 is 10.1 Å². The van der Waals surface area contributed by atoms with Gasteiger partial charge in [0.15, 0.2) is 0 Å². The van der Waals surface area contributed by atoms with Gasteiger partial charge in [0, 0.05) is 0 Å². The molecule has 33 heavy (non-hydrogen) atoms. The predicted molar refractivity (Wildman–Crippen MR) is 135 cm³/mol. The number of benzene rings is 2. The molecule has 0 aliphatic heterocycles. The third kappa shape index (κ3) is 11.7. The molecule has 0 radical (unpaired) electrons. The Labute approximate surface area is 245 Å². The van der Waals surface area contributed by atoms with Gasteiger partial charge >= 0.3 is 51.4 Å². The maximum absolute atomic E-state index is 12.0. The summed E-state index contributed by atoms with van der Waals surface area (Å²) in [6, 6.07) is 9.67. The van der Waals surface area contributed by atoms with E-state index in [4.69, 9.17) is 0 Å². The molecular weight excluding hydrogens is 455 g/mol. The van der Waals surface area contributed by atoms with Crippen LogP contribution in [0.2, 0.25) is 0 Å². The molecular formula is C28H43KO3S. The van der Waals surface area contributed by atoms with Gasteiger partial charge in [-0.25, -0.2) is 8.42 Å². The minimum Gasteiger partial charge on any atom is -0.744 e. The van der Waals surface area contributed by atoms with Crippen LogP contribution in [0.15, 0.2) is 35.2 Å². The number of hydrogen-bond donors (Lipinski definition) is 0. The Morgan fingerprint density at radius 3 is 1.67 bits per heavy atom. The summed E-state index contributed by atoms with van der Waals surface area (Å²) < 4.78 is 35.9. The Morgan fingerprint density at radius 2 is 1.15 bits per heavy atom. The topological polar surface area (TPSA) is 57.2 Å². The second-order valence-corrected chi connectivity index (χ2v) is 10.6. The largest absolute Gasteiger partial charge is 1.00 e. The summed E-state index contributed by atoms with van der Waals surface area (Å²) in [6.45, 7) is 4.46. The fourth-order valence-electron chi connectivity index (χ4n) is 4.61. The van der Waals surface area contributed by atoms with E-state index in [1.807, 2.05) is 18.2 Å². The van der Waals surface area contributed by atoms with Gasteiger partial charge in [-0.15, -0.1) is 0 Å². The van der Waals surface area contributed by atoms with Crippen LogP contribution in [0.3, 0.4) is 0 Å². The number of hydrogen-bond acceptors (Lipinski definition) is 3. The van der Waals surface area contributed by atoms with Crippen molar-refractivity contribution in [2.45, 2.75) is 121 Å². The minimum atomic E-state index is -4.47. The van der Waals surface area contributed by atoms with E-state index in [1.165, 1.54) is 76.2 Å². The van der Waals surface area contributed by atoms with Crippen molar-refractivity contribution in [3.8, 4) is 0 Å². The summed E-state index contributed by atoms with van der Waals surface area (Å²) in [5.74, 6) is 0. The van der Waals surface area contributed by atoms with Crippen molar-refractivity contribution in [1.29, 1.82) is 0 Å². The van der Waals surface area contributed by atoms with E-state index in [-0.39, 0.29) is 56.3 Å². The number of aryl methyl sites for hydroxylation is 2. The monoisotopic (exact) mass is 498 g/mol. The number of rotatable bonds is 17. The molecule has 2 aromatic rings. The standard InChI is InChI=1S/C28H44O3S.K/c1-3-5-7-9-11-13-15-18-24-20-17-21-25-23-28(32(29,30)31)26(22-27(24)25)19-16-14-12-10-8-6-4-2;/h17,20-23H,3-16,18-19H2,1-2H3,(H,29,30,31);/q;+1/p-1. The molecule has 0 aliphatic carbocycles. The quantitative estimate of drug-likeness (QED) is 0.168. The van der Waals surface area contributed by atoms with Crippen LogP contribution >= 0.6 is 0 Å². The average Bonchev–Trinajstić information content (AvgIpc) is 2.77. The first-order valence-electron chi connectivity index (χ1n) is 13.0. The van der Waals surface area contributed by atoms with E-state index in [0.29, 0.717) is 12.0 Å². The fraction of sp³-hybridized carbons (Fsp3) is 0.643. The van der Waals surface area contributed by atoms with Gasteiger partial charge in [0.05, 0.1) is 4.90 Å². The van der Waals surface area contributed by atoms with E-state index in [0.717, 1.165) is 36.5 Å². The molecule has 0 bridgehead atoms. The van der Waals surface area contributed by atoms with Gasteiger partial charge in [-0.2, -0.15) is 0 Å². The summed E-state index contributed by atoms with van der Waals surface area (Å²) >= 11 is 0. The molecule has 0 aliphatic rings. The smallest absolute Gasteiger partial charge is 0.744 e. The first-order valence-corrected chi connectivity index (χ1v) is 14.4. The molecule has 0 fully saturated rings. The summed E-state index contributed by atoms with van der Waals surface area (Å²) in [7, 11) is -4.47. The van der Waals surface area contributed by atoms with Gasteiger partial charge in [0.1, 0.15) is 10.1 Å². The Hall–Kier alpha value is 0.246. The molecule has 0 unspecified atom stereocenters. The maximum atomic E-state index is 12.0. The normalized spacial score (nSPS) is 11.6. The zero-order chi connectivity index (χ0) is 23.2. The SMILES string of the molecule is CCCCCCCCCc1cc2c(CCCCCCCCC)cccc2cc1S(=O)(=O)[O-].[K+]. The predicted octanol–water partition coefficient (Wildman–Crippen LogP) is 5.33. The molecule has 0 saturated heterocycles. The first-order chi connectivity index (χ1) is 15.5. The van der Waals surface area contributed by atoms with Crippen molar-refractivity contribution >= 4 is 20.9 Å². The molecule has 180 valence electrons. The molecule has 2 rings (SSSR count). The van der Waals surface area contributed by atoms with Gasteiger partial charge in [0.2, 0.25) is 0 Å². The molecule has 0 saturated carbocycles. The molecule has 0 spiro atoms. The van der Waals surface area contributed by atoms with Crippen molar-refractivity contribution in [3.05, 3.63) is 41.5 Å².